The third-order valence-electron chi connectivity index (χ3n) is 2.30. The molecule has 0 aliphatic heterocycles. The Balaban J connectivity index is 3.11. The summed E-state index contributed by atoms with van der Waals surface area (Å²) in [6.07, 6.45) is -4.36. The molecule has 90 valence electrons. The van der Waals surface area contributed by atoms with Crippen molar-refractivity contribution in [2.75, 3.05) is 24.6 Å². The van der Waals surface area contributed by atoms with E-state index < -0.39 is 11.7 Å². The molecule has 0 aliphatic carbocycles. The second-order valence-electron chi connectivity index (χ2n) is 3.32. The molecule has 16 heavy (non-hydrogen) atoms. The van der Waals surface area contributed by atoms with E-state index in [0.29, 0.717) is 6.54 Å². The van der Waals surface area contributed by atoms with E-state index in [1.54, 1.807) is 13.0 Å². The van der Waals surface area contributed by atoms with Gasteiger partial charge in [-0.05, 0) is 19.1 Å². The zero-order valence-electron chi connectivity index (χ0n) is 8.96. The van der Waals surface area contributed by atoms with Crippen LogP contribution in [0.3, 0.4) is 0 Å². The van der Waals surface area contributed by atoms with Gasteiger partial charge in [-0.15, -0.1) is 0 Å². The van der Waals surface area contributed by atoms with Gasteiger partial charge in [0.2, 0.25) is 0 Å². The second-order valence-corrected chi connectivity index (χ2v) is 3.32. The van der Waals surface area contributed by atoms with Gasteiger partial charge >= 0.3 is 6.18 Å². The highest BCUT2D eigenvalue weighted by Gasteiger charge is 2.34. The van der Waals surface area contributed by atoms with Crippen molar-refractivity contribution in [2.24, 2.45) is 0 Å². The first-order valence-electron chi connectivity index (χ1n) is 5.02. The molecule has 1 N–H and O–H groups in total. The average molecular weight is 233 g/mol. The zero-order valence-corrected chi connectivity index (χ0v) is 8.96. The van der Waals surface area contributed by atoms with Crippen molar-refractivity contribution in [3.05, 3.63) is 29.8 Å². The molecule has 1 aromatic carbocycles. The predicted molar refractivity (Wildman–Crippen MR) is 56.4 cm³/mol. The van der Waals surface area contributed by atoms with E-state index in [4.69, 9.17) is 5.11 Å². The van der Waals surface area contributed by atoms with Crippen LogP contribution in [0, 0.1) is 0 Å². The number of likely N-dealkylation sites (N-methyl/N-ethyl adjacent to an activating group) is 1. The molecule has 1 aromatic rings. The number of aliphatic hydroxyl groups excluding tert-OH is 1. The maximum Gasteiger partial charge on any atom is 0.418 e. The summed E-state index contributed by atoms with van der Waals surface area (Å²) in [6.45, 7) is 2.21. The highest BCUT2D eigenvalue weighted by atomic mass is 19.4. The summed E-state index contributed by atoms with van der Waals surface area (Å²) in [5.41, 5.74) is -0.545. The van der Waals surface area contributed by atoms with Gasteiger partial charge in [0, 0.05) is 18.8 Å². The van der Waals surface area contributed by atoms with Crippen LogP contribution >= 0.6 is 0 Å². The number of nitrogens with zero attached hydrogens (tertiary/aromatic N) is 1. The summed E-state index contributed by atoms with van der Waals surface area (Å²) < 4.78 is 38.1. The smallest absolute Gasteiger partial charge is 0.395 e. The third-order valence-corrected chi connectivity index (χ3v) is 2.30. The maximum atomic E-state index is 12.7. The second kappa shape index (κ2) is 5.21. The fourth-order valence-electron chi connectivity index (χ4n) is 1.56. The van der Waals surface area contributed by atoms with Crippen molar-refractivity contribution >= 4 is 5.69 Å². The summed E-state index contributed by atoms with van der Waals surface area (Å²) in [7, 11) is 0. The van der Waals surface area contributed by atoms with E-state index in [-0.39, 0.29) is 18.8 Å². The van der Waals surface area contributed by atoms with Crippen LogP contribution in [0.4, 0.5) is 18.9 Å². The lowest BCUT2D eigenvalue weighted by Crippen LogP contribution is -2.28. The Labute approximate surface area is 92.3 Å². The van der Waals surface area contributed by atoms with Gasteiger partial charge in [-0.25, -0.2) is 0 Å². The summed E-state index contributed by atoms with van der Waals surface area (Å²) in [4.78, 5) is 1.50. The van der Waals surface area contributed by atoms with Gasteiger partial charge in [0.1, 0.15) is 0 Å². The van der Waals surface area contributed by atoms with Crippen LogP contribution in [-0.2, 0) is 6.18 Å². The lowest BCUT2D eigenvalue weighted by atomic mass is 10.1. The van der Waals surface area contributed by atoms with Crippen LogP contribution < -0.4 is 4.90 Å². The summed E-state index contributed by atoms with van der Waals surface area (Å²) in [6, 6.07) is 5.39. The lowest BCUT2D eigenvalue weighted by Gasteiger charge is -2.25. The van der Waals surface area contributed by atoms with Crippen LogP contribution in [0.5, 0.6) is 0 Å². The van der Waals surface area contributed by atoms with E-state index in [9.17, 15) is 13.2 Å². The largest absolute Gasteiger partial charge is 0.418 e. The minimum atomic E-state index is -4.36. The lowest BCUT2D eigenvalue weighted by molar-refractivity contribution is -0.137. The van der Waals surface area contributed by atoms with Crippen molar-refractivity contribution in [2.45, 2.75) is 13.1 Å². The summed E-state index contributed by atoms with van der Waals surface area (Å²) >= 11 is 0. The quantitative estimate of drug-likeness (QED) is 0.863. The van der Waals surface area contributed by atoms with E-state index in [1.807, 2.05) is 0 Å². The van der Waals surface area contributed by atoms with Crippen LogP contribution in [0.25, 0.3) is 0 Å². The Kier molecular flexibility index (Phi) is 4.18. The molecular weight excluding hydrogens is 219 g/mol. The van der Waals surface area contributed by atoms with Gasteiger partial charge in [0.15, 0.2) is 0 Å². The highest BCUT2D eigenvalue weighted by molar-refractivity contribution is 5.54. The molecule has 0 heterocycles. The number of anilines is 1. The number of halogens is 3. The zero-order chi connectivity index (χ0) is 12.2. The monoisotopic (exact) mass is 233 g/mol. The maximum absolute atomic E-state index is 12.7. The molecule has 0 saturated heterocycles. The average Bonchev–Trinajstić information content (AvgIpc) is 2.25. The molecule has 2 nitrogen and oxygen atoms in total. The van der Waals surface area contributed by atoms with Crippen molar-refractivity contribution in [1.29, 1.82) is 0 Å². The molecule has 5 heteroatoms. The molecule has 0 aliphatic rings. The molecule has 0 aromatic heterocycles. The minimum Gasteiger partial charge on any atom is -0.395 e. The van der Waals surface area contributed by atoms with E-state index in [2.05, 4.69) is 0 Å². The Morgan fingerprint density at radius 2 is 1.88 bits per heavy atom. The molecule has 0 unspecified atom stereocenters. The molecule has 0 saturated carbocycles. The standard InChI is InChI=1S/C11H14F3NO/c1-2-15(7-8-16)10-6-4-3-5-9(10)11(12,13)14/h3-6,16H,2,7-8H2,1H3. The molecule has 0 amide bonds. The van der Waals surface area contributed by atoms with Crippen LogP contribution in [0.2, 0.25) is 0 Å². The van der Waals surface area contributed by atoms with Crippen molar-refractivity contribution in [3.63, 3.8) is 0 Å². The molecular formula is C11H14F3NO. The van der Waals surface area contributed by atoms with Crippen LogP contribution in [0.15, 0.2) is 24.3 Å². The van der Waals surface area contributed by atoms with Gasteiger partial charge in [0.25, 0.3) is 0 Å². The number of para-hydroxylation sites is 1. The Bertz CT molecular complexity index is 338. The predicted octanol–water partition coefficient (Wildman–Crippen LogP) is 2.52. The molecule has 0 spiro atoms. The van der Waals surface area contributed by atoms with Gasteiger partial charge in [-0.2, -0.15) is 13.2 Å². The van der Waals surface area contributed by atoms with E-state index in [0.717, 1.165) is 6.07 Å². The van der Waals surface area contributed by atoms with Gasteiger partial charge in [0.05, 0.1) is 12.2 Å². The van der Waals surface area contributed by atoms with Gasteiger partial charge < -0.3 is 10.0 Å². The first-order chi connectivity index (χ1) is 7.50. The number of hydrogen-bond donors (Lipinski definition) is 1. The third kappa shape index (κ3) is 2.88. The topological polar surface area (TPSA) is 23.5 Å². The normalized spacial score (nSPS) is 11.6. The van der Waals surface area contributed by atoms with Gasteiger partial charge in [-0.1, -0.05) is 12.1 Å². The van der Waals surface area contributed by atoms with Crippen molar-refractivity contribution < 1.29 is 18.3 Å². The Morgan fingerprint density at radius 1 is 1.25 bits per heavy atom. The Hall–Kier alpha value is -1.23. The Morgan fingerprint density at radius 3 is 2.38 bits per heavy atom. The van der Waals surface area contributed by atoms with Crippen LogP contribution in [-0.4, -0.2) is 24.8 Å². The number of rotatable bonds is 4. The van der Waals surface area contributed by atoms with E-state index in [1.165, 1.54) is 17.0 Å². The first-order valence-corrected chi connectivity index (χ1v) is 5.02. The molecule has 0 fully saturated rings. The summed E-state index contributed by atoms with van der Waals surface area (Å²) in [5, 5.41) is 8.80. The number of hydrogen-bond acceptors (Lipinski definition) is 2. The molecule has 0 bridgehead atoms. The minimum absolute atomic E-state index is 0.117. The van der Waals surface area contributed by atoms with E-state index >= 15 is 0 Å². The number of benzene rings is 1. The highest BCUT2D eigenvalue weighted by Crippen LogP contribution is 2.36. The first kappa shape index (κ1) is 12.8. The molecule has 0 atom stereocenters. The molecule has 0 radical (unpaired) electrons. The van der Waals surface area contributed by atoms with Crippen LogP contribution in [0.1, 0.15) is 12.5 Å². The fourth-order valence-corrected chi connectivity index (χ4v) is 1.56. The number of alkyl halides is 3. The number of aliphatic hydroxyl groups is 1. The fraction of sp³-hybridized carbons (Fsp3) is 0.455. The SMILES string of the molecule is CCN(CCO)c1ccccc1C(F)(F)F. The molecule has 1 rings (SSSR count). The van der Waals surface area contributed by atoms with Gasteiger partial charge in [-0.3, -0.25) is 0 Å². The van der Waals surface area contributed by atoms with Crippen molar-refractivity contribution in [1.82, 2.24) is 0 Å². The summed E-state index contributed by atoms with van der Waals surface area (Å²) in [5.74, 6) is 0. The van der Waals surface area contributed by atoms with Crippen molar-refractivity contribution in [3.8, 4) is 0 Å².